The number of amides is 1. The van der Waals surface area contributed by atoms with E-state index in [1.807, 2.05) is 19.9 Å². The average Bonchev–Trinajstić information content (AvgIpc) is 2.24. The molecule has 1 aromatic carbocycles. The van der Waals surface area contributed by atoms with Crippen molar-refractivity contribution in [1.82, 2.24) is 5.32 Å². The molecule has 1 aromatic rings. The first-order valence-corrected chi connectivity index (χ1v) is 5.17. The van der Waals surface area contributed by atoms with Gasteiger partial charge in [-0.05, 0) is 37.1 Å². The molecule has 0 saturated carbocycles. The van der Waals surface area contributed by atoms with E-state index in [-0.39, 0.29) is 19.1 Å². The second kappa shape index (κ2) is 5.75. The van der Waals surface area contributed by atoms with Crippen molar-refractivity contribution in [3.05, 3.63) is 23.3 Å². The van der Waals surface area contributed by atoms with Crippen LogP contribution in [0, 0.1) is 25.2 Å². The highest BCUT2D eigenvalue weighted by Gasteiger charge is 2.07. The fourth-order valence-corrected chi connectivity index (χ4v) is 1.54. The molecule has 90 valence electrons. The molecule has 0 fully saturated rings. The second-order valence-corrected chi connectivity index (χ2v) is 3.71. The molecule has 3 N–H and O–H groups in total. The lowest BCUT2D eigenvalue weighted by molar-refractivity contribution is -0.122. The zero-order valence-corrected chi connectivity index (χ0v) is 9.91. The van der Waals surface area contributed by atoms with Gasteiger partial charge in [-0.1, -0.05) is 0 Å². The van der Waals surface area contributed by atoms with Crippen LogP contribution in [0.4, 0.5) is 5.69 Å². The van der Waals surface area contributed by atoms with Crippen LogP contribution in [-0.2, 0) is 4.79 Å². The lowest BCUT2D eigenvalue weighted by Gasteiger charge is -2.12. The number of hydrogen-bond acceptors (Lipinski definition) is 4. The predicted octanol–water partition coefficient (Wildman–Crippen LogP) is 0.904. The molecule has 0 atom stereocenters. The molecular formula is C12H15N3O2. The quantitative estimate of drug-likeness (QED) is 0.597. The molecule has 0 aliphatic heterocycles. The summed E-state index contributed by atoms with van der Waals surface area (Å²) < 4.78 is 5.40. The van der Waals surface area contributed by atoms with Gasteiger partial charge in [-0.2, -0.15) is 5.26 Å². The number of benzene rings is 1. The number of carbonyl (C=O) groups is 1. The number of aryl methyl sites for hydroxylation is 2. The zero-order chi connectivity index (χ0) is 12.8. The average molecular weight is 233 g/mol. The molecule has 0 aromatic heterocycles. The molecule has 17 heavy (non-hydrogen) atoms. The van der Waals surface area contributed by atoms with E-state index < -0.39 is 0 Å². The monoisotopic (exact) mass is 233 g/mol. The van der Waals surface area contributed by atoms with Crippen molar-refractivity contribution in [1.29, 1.82) is 5.26 Å². The number of anilines is 1. The summed E-state index contributed by atoms with van der Waals surface area (Å²) in [6.45, 7) is 3.62. The van der Waals surface area contributed by atoms with Crippen LogP contribution in [0.2, 0.25) is 0 Å². The summed E-state index contributed by atoms with van der Waals surface area (Å²) in [6.07, 6.45) is 0. The summed E-state index contributed by atoms with van der Waals surface area (Å²) in [5.41, 5.74) is 8.12. The van der Waals surface area contributed by atoms with Crippen molar-refractivity contribution >= 4 is 11.6 Å². The normalized spacial score (nSPS) is 9.47. The molecular weight excluding hydrogens is 218 g/mol. The fourth-order valence-electron chi connectivity index (χ4n) is 1.54. The van der Waals surface area contributed by atoms with Gasteiger partial charge < -0.3 is 15.8 Å². The third-order valence-corrected chi connectivity index (χ3v) is 2.19. The highest BCUT2D eigenvalue weighted by atomic mass is 16.5. The van der Waals surface area contributed by atoms with Crippen molar-refractivity contribution in [3.63, 3.8) is 0 Å². The highest BCUT2D eigenvalue weighted by Crippen LogP contribution is 2.25. The van der Waals surface area contributed by atoms with E-state index in [0.29, 0.717) is 11.4 Å². The molecule has 0 spiro atoms. The molecule has 0 unspecified atom stereocenters. The van der Waals surface area contributed by atoms with E-state index in [2.05, 4.69) is 5.32 Å². The number of nitrogens with two attached hydrogens (primary N) is 1. The minimum absolute atomic E-state index is 0.0120. The molecule has 0 aliphatic rings. The Labute approximate surface area is 100 Å². The molecule has 0 aliphatic carbocycles. The molecule has 1 amide bonds. The van der Waals surface area contributed by atoms with Crippen LogP contribution >= 0.6 is 0 Å². The van der Waals surface area contributed by atoms with Crippen molar-refractivity contribution in [2.45, 2.75) is 13.8 Å². The van der Waals surface area contributed by atoms with Crippen molar-refractivity contribution in [2.75, 3.05) is 18.9 Å². The highest BCUT2D eigenvalue weighted by molar-refractivity contribution is 5.77. The Balaban J connectivity index is 2.64. The summed E-state index contributed by atoms with van der Waals surface area (Å²) >= 11 is 0. The fraction of sp³-hybridized carbons (Fsp3) is 0.333. The summed E-state index contributed by atoms with van der Waals surface area (Å²) in [6, 6.07) is 5.40. The largest absolute Gasteiger partial charge is 0.483 e. The zero-order valence-electron chi connectivity index (χ0n) is 9.91. The van der Waals surface area contributed by atoms with Crippen molar-refractivity contribution < 1.29 is 9.53 Å². The van der Waals surface area contributed by atoms with Crippen LogP contribution < -0.4 is 15.8 Å². The Hall–Kier alpha value is -2.22. The van der Waals surface area contributed by atoms with Crippen molar-refractivity contribution in [2.24, 2.45) is 0 Å². The minimum atomic E-state index is -0.317. The lowest BCUT2D eigenvalue weighted by Crippen LogP contribution is -2.29. The smallest absolute Gasteiger partial charge is 0.258 e. The number of ether oxygens (including phenoxy) is 1. The van der Waals surface area contributed by atoms with Crippen molar-refractivity contribution in [3.8, 4) is 11.8 Å². The second-order valence-electron chi connectivity index (χ2n) is 3.71. The van der Waals surface area contributed by atoms with Gasteiger partial charge in [0.1, 0.15) is 12.3 Å². The number of nitriles is 1. The Morgan fingerprint density at radius 1 is 1.47 bits per heavy atom. The van der Waals surface area contributed by atoms with E-state index >= 15 is 0 Å². The van der Waals surface area contributed by atoms with Gasteiger partial charge in [-0.3, -0.25) is 4.79 Å². The van der Waals surface area contributed by atoms with E-state index in [9.17, 15) is 4.79 Å². The van der Waals surface area contributed by atoms with Gasteiger partial charge in [-0.25, -0.2) is 0 Å². The Bertz CT molecular complexity index is 440. The first-order chi connectivity index (χ1) is 8.04. The third-order valence-electron chi connectivity index (χ3n) is 2.19. The Morgan fingerprint density at radius 2 is 2.06 bits per heavy atom. The van der Waals surface area contributed by atoms with Crippen LogP contribution in [0.1, 0.15) is 11.1 Å². The van der Waals surface area contributed by atoms with Gasteiger partial charge in [0.25, 0.3) is 5.91 Å². The van der Waals surface area contributed by atoms with E-state index in [1.54, 1.807) is 12.1 Å². The van der Waals surface area contributed by atoms with Crippen LogP contribution in [0.15, 0.2) is 12.1 Å². The van der Waals surface area contributed by atoms with E-state index in [1.165, 1.54) is 0 Å². The maximum Gasteiger partial charge on any atom is 0.258 e. The van der Waals surface area contributed by atoms with E-state index in [4.69, 9.17) is 15.7 Å². The SMILES string of the molecule is Cc1cc(N)cc(C)c1OCC(=O)NCC#N. The number of nitrogens with one attached hydrogen (secondary N) is 1. The maximum atomic E-state index is 11.3. The molecule has 0 heterocycles. The van der Waals surface area contributed by atoms with Gasteiger partial charge in [-0.15, -0.1) is 0 Å². The number of nitrogen functional groups attached to an aromatic ring is 1. The van der Waals surface area contributed by atoms with E-state index in [0.717, 1.165) is 11.1 Å². The minimum Gasteiger partial charge on any atom is -0.483 e. The molecule has 1 rings (SSSR count). The summed E-state index contributed by atoms with van der Waals surface area (Å²) in [5.74, 6) is 0.341. The van der Waals surface area contributed by atoms with Crippen LogP contribution in [0.5, 0.6) is 5.75 Å². The Kier molecular flexibility index (Phi) is 4.35. The van der Waals surface area contributed by atoms with Gasteiger partial charge in [0.15, 0.2) is 6.61 Å². The molecule has 5 nitrogen and oxygen atoms in total. The standard InChI is InChI=1S/C12H15N3O2/c1-8-5-10(14)6-9(2)12(8)17-7-11(16)15-4-3-13/h5-6H,4,7,14H2,1-2H3,(H,15,16). The summed E-state index contributed by atoms with van der Waals surface area (Å²) in [7, 11) is 0. The van der Waals surface area contributed by atoms with Crippen LogP contribution in [0.3, 0.4) is 0 Å². The number of nitrogens with zero attached hydrogens (tertiary/aromatic N) is 1. The van der Waals surface area contributed by atoms with Crippen LogP contribution in [-0.4, -0.2) is 19.1 Å². The third kappa shape index (κ3) is 3.68. The first-order valence-electron chi connectivity index (χ1n) is 5.17. The molecule has 0 saturated heterocycles. The predicted molar refractivity (Wildman–Crippen MR) is 64.4 cm³/mol. The molecule has 0 bridgehead atoms. The number of carbonyl (C=O) groups excluding carboxylic acids is 1. The summed E-state index contributed by atoms with van der Waals surface area (Å²) in [4.78, 5) is 11.3. The Morgan fingerprint density at radius 3 is 2.59 bits per heavy atom. The lowest BCUT2D eigenvalue weighted by atomic mass is 10.1. The summed E-state index contributed by atoms with van der Waals surface area (Å²) in [5, 5.41) is 10.7. The van der Waals surface area contributed by atoms with Crippen LogP contribution in [0.25, 0.3) is 0 Å². The molecule has 0 radical (unpaired) electrons. The molecule has 5 heteroatoms. The number of rotatable bonds is 4. The number of hydrogen-bond donors (Lipinski definition) is 2. The van der Waals surface area contributed by atoms with Gasteiger partial charge in [0.05, 0.1) is 6.07 Å². The van der Waals surface area contributed by atoms with Gasteiger partial charge in [0.2, 0.25) is 0 Å². The first kappa shape index (κ1) is 12.8. The van der Waals surface area contributed by atoms with Gasteiger partial charge >= 0.3 is 0 Å². The van der Waals surface area contributed by atoms with Gasteiger partial charge in [0, 0.05) is 5.69 Å². The topological polar surface area (TPSA) is 88.1 Å². The maximum absolute atomic E-state index is 11.3.